The van der Waals surface area contributed by atoms with Crippen molar-refractivity contribution in [2.24, 2.45) is 5.92 Å². The largest absolute Gasteiger partial charge is 0.377 e. The molecule has 4 nitrogen and oxygen atoms in total. The summed E-state index contributed by atoms with van der Waals surface area (Å²) >= 11 is 12.3. The minimum atomic E-state index is -0.435. The lowest BCUT2D eigenvalue weighted by Crippen LogP contribution is -2.29. The first-order valence-corrected chi connectivity index (χ1v) is 8.89. The van der Waals surface area contributed by atoms with Crippen molar-refractivity contribution >= 4 is 34.6 Å². The maximum absolute atomic E-state index is 11.3. The van der Waals surface area contributed by atoms with E-state index in [0.717, 1.165) is 23.2 Å². The van der Waals surface area contributed by atoms with E-state index in [1.807, 2.05) is 19.1 Å². The summed E-state index contributed by atoms with van der Waals surface area (Å²) in [6.45, 7) is 1.99. The van der Waals surface area contributed by atoms with E-state index in [4.69, 9.17) is 23.2 Å². The molecule has 0 amide bonds. The average molecular weight is 375 g/mol. The number of nitro groups is 1. The van der Waals surface area contributed by atoms with Crippen molar-refractivity contribution in [2.45, 2.75) is 25.3 Å². The van der Waals surface area contributed by atoms with Gasteiger partial charge in [-0.05, 0) is 48.1 Å². The summed E-state index contributed by atoms with van der Waals surface area (Å²) in [5.74, 6) is 0.598. The SMILES string of the molecule is Cc1c(Cl)ccc2c1N[C@H](c1ccc(Cl)c([N+](=O)[O-])c1)[C@@H]1CC=C[C@@H]21. The van der Waals surface area contributed by atoms with Gasteiger partial charge in [-0.1, -0.05) is 47.5 Å². The Bertz CT molecular complexity index is 911. The van der Waals surface area contributed by atoms with Gasteiger partial charge in [-0.15, -0.1) is 0 Å². The molecule has 0 spiro atoms. The fourth-order valence-electron chi connectivity index (χ4n) is 3.98. The van der Waals surface area contributed by atoms with Crippen LogP contribution in [0.1, 0.15) is 35.1 Å². The van der Waals surface area contributed by atoms with Gasteiger partial charge in [0.1, 0.15) is 5.02 Å². The van der Waals surface area contributed by atoms with Crippen molar-refractivity contribution in [3.63, 3.8) is 0 Å². The van der Waals surface area contributed by atoms with Crippen LogP contribution in [-0.2, 0) is 0 Å². The van der Waals surface area contributed by atoms with E-state index >= 15 is 0 Å². The van der Waals surface area contributed by atoms with Crippen molar-refractivity contribution in [1.29, 1.82) is 0 Å². The summed E-state index contributed by atoms with van der Waals surface area (Å²) in [5, 5.41) is 15.7. The highest BCUT2D eigenvalue weighted by Gasteiger charge is 2.39. The van der Waals surface area contributed by atoms with Gasteiger partial charge in [0.25, 0.3) is 5.69 Å². The molecule has 0 bridgehead atoms. The lowest BCUT2D eigenvalue weighted by molar-refractivity contribution is -0.384. The number of allylic oxidation sites excluding steroid dienone is 2. The van der Waals surface area contributed by atoms with Gasteiger partial charge in [0, 0.05) is 22.7 Å². The molecule has 6 heteroatoms. The molecule has 0 radical (unpaired) electrons. The van der Waals surface area contributed by atoms with E-state index in [-0.39, 0.29) is 22.7 Å². The first-order valence-electron chi connectivity index (χ1n) is 8.13. The predicted octanol–water partition coefficient (Wildman–Crippen LogP) is 6.04. The van der Waals surface area contributed by atoms with Gasteiger partial charge in [-0.3, -0.25) is 10.1 Å². The van der Waals surface area contributed by atoms with E-state index in [1.54, 1.807) is 12.1 Å². The standard InChI is InChI=1S/C19H16Cl2N2O2/c1-10-15(20)8-6-14-12-3-2-4-13(12)19(22-18(10)14)11-5-7-16(21)17(9-11)23(24)25/h2-3,5-9,12-13,19,22H,4H2,1H3/t12-,13-,19-/m1/s1. The Balaban J connectivity index is 1.83. The van der Waals surface area contributed by atoms with Gasteiger partial charge in [-0.25, -0.2) is 0 Å². The van der Waals surface area contributed by atoms with Gasteiger partial charge >= 0.3 is 0 Å². The zero-order valence-electron chi connectivity index (χ0n) is 13.5. The van der Waals surface area contributed by atoms with Crippen LogP contribution < -0.4 is 5.32 Å². The molecule has 2 aromatic rings. The van der Waals surface area contributed by atoms with Gasteiger partial charge < -0.3 is 5.32 Å². The Hall–Kier alpha value is -2.04. The lowest BCUT2D eigenvalue weighted by Gasteiger charge is -2.38. The molecule has 2 aromatic carbocycles. The third-order valence-corrected chi connectivity index (χ3v) is 5.99. The maximum atomic E-state index is 11.3. The molecular formula is C19H16Cl2N2O2. The summed E-state index contributed by atoms with van der Waals surface area (Å²) in [4.78, 5) is 10.8. The smallest absolute Gasteiger partial charge is 0.288 e. The molecule has 0 fully saturated rings. The minimum Gasteiger partial charge on any atom is -0.377 e. The van der Waals surface area contributed by atoms with Crippen LogP contribution in [0.5, 0.6) is 0 Å². The third-order valence-electron chi connectivity index (χ3n) is 5.26. The summed E-state index contributed by atoms with van der Waals surface area (Å²) in [6.07, 6.45) is 5.35. The van der Waals surface area contributed by atoms with Crippen LogP contribution in [-0.4, -0.2) is 4.92 Å². The topological polar surface area (TPSA) is 55.2 Å². The number of nitro benzene ring substituents is 1. The fourth-order valence-corrected chi connectivity index (χ4v) is 4.33. The quantitative estimate of drug-likeness (QED) is 0.396. The lowest BCUT2D eigenvalue weighted by atomic mass is 9.76. The van der Waals surface area contributed by atoms with E-state index in [2.05, 4.69) is 23.5 Å². The number of anilines is 1. The number of benzene rings is 2. The summed E-state index contributed by atoms with van der Waals surface area (Å²) in [6, 6.07) is 9.04. The third kappa shape index (κ3) is 2.60. The molecular weight excluding hydrogens is 359 g/mol. The van der Waals surface area contributed by atoms with Crippen LogP contribution in [0.15, 0.2) is 42.5 Å². The number of rotatable bonds is 2. The minimum absolute atomic E-state index is 0.0272. The number of nitrogens with zero attached hydrogens (tertiary/aromatic N) is 1. The summed E-state index contributed by atoms with van der Waals surface area (Å²) in [7, 11) is 0. The van der Waals surface area contributed by atoms with E-state index in [1.165, 1.54) is 5.56 Å². The maximum Gasteiger partial charge on any atom is 0.288 e. The monoisotopic (exact) mass is 374 g/mol. The molecule has 0 saturated heterocycles. The van der Waals surface area contributed by atoms with Crippen LogP contribution in [0, 0.1) is 23.0 Å². The molecule has 128 valence electrons. The first-order chi connectivity index (χ1) is 12.0. The van der Waals surface area contributed by atoms with Crippen LogP contribution in [0.3, 0.4) is 0 Å². The Morgan fingerprint density at radius 3 is 2.72 bits per heavy atom. The molecule has 4 rings (SSSR count). The second-order valence-corrected chi connectivity index (χ2v) is 7.39. The Kier molecular flexibility index (Phi) is 3.97. The van der Waals surface area contributed by atoms with Crippen LogP contribution >= 0.6 is 23.2 Å². The number of hydrogen-bond acceptors (Lipinski definition) is 3. The highest BCUT2D eigenvalue weighted by molar-refractivity contribution is 6.32. The molecule has 0 aromatic heterocycles. The molecule has 1 N–H and O–H groups in total. The van der Waals surface area contributed by atoms with Gasteiger partial charge in [0.2, 0.25) is 0 Å². The van der Waals surface area contributed by atoms with Crippen molar-refractivity contribution in [1.82, 2.24) is 0 Å². The Morgan fingerprint density at radius 1 is 1.20 bits per heavy atom. The average Bonchev–Trinajstić information content (AvgIpc) is 3.07. The summed E-state index contributed by atoms with van der Waals surface area (Å²) in [5.41, 5.74) is 4.09. The number of hydrogen-bond donors (Lipinski definition) is 1. The zero-order chi connectivity index (χ0) is 17.7. The van der Waals surface area contributed by atoms with Crippen LogP contribution in [0.4, 0.5) is 11.4 Å². The van der Waals surface area contributed by atoms with Crippen molar-refractivity contribution < 1.29 is 4.92 Å². The molecule has 3 atom stereocenters. The van der Waals surface area contributed by atoms with Gasteiger partial charge in [0.05, 0.1) is 11.0 Å². The highest BCUT2D eigenvalue weighted by atomic mass is 35.5. The van der Waals surface area contributed by atoms with Gasteiger partial charge in [-0.2, -0.15) is 0 Å². The second-order valence-electron chi connectivity index (χ2n) is 6.58. The normalized spacial score (nSPS) is 23.7. The molecule has 1 heterocycles. The zero-order valence-corrected chi connectivity index (χ0v) is 15.0. The number of nitrogens with one attached hydrogen (secondary N) is 1. The highest BCUT2D eigenvalue weighted by Crippen LogP contribution is 2.51. The molecule has 25 heavy (non-hydrogen) atoms. The summed E-state index contributed by atoms with van der Waals surface area (Å²) < 4.78 is 0. The van der Waals surface area contributed by atoms with E-state index in [9.17, 15) is 10.1 Å². The number of fused-ring (bicyclic) bond motifs is 3. The van der Waals surface area contributed by atoms with E-state index < -0.39 is 4.92 Å². The predicted molar refractivity (Wildman–Crippen MR) is 101 cm³/mol. The molecule has 2 aliphatic rings. The molecule has 1 aliphatic carbocycles. The molecule has 0 unspecified atom stereocenters. The van der Waals surface area contributed by atoms with Crippen LogP contribution in [0.25, 0.3) is 0 Å². The van der Waals surface area contributed by atoms with Crippen LogP contribution in [0.2, 0.25) is 10.0 Å². The number of halogens is 2. The fraction of sp³-hybridized carbons (Fsp3) is 0.263. The first kappa shape index (κ1) is 16.4. The van der Waals surface area contributed by atoms with E-state index in [0.29, 0.717) is 10.9 Å². The second kappa shape index (κ2) is 6.04. The Labute approximate surface area is 155 Å². The van der Waals surface area contributed by atoms with Crippen molar-refractivity contribution in [3.05, 3.63) is 79.3 Å². The van der Waals surface area contributed by atoms with Gasteiger partial charge in [0.15, 0.2) is 0 Å². The van der Waals surface area contributed by atoms with Crippen molar-refractivity contribution in [3.8, 4) is 0 Å². The molecule has 0 saturated carbocycles. The molecule has 1 aliphatic heterocycles. The van der Waals surface area contributed by atoms with Crippen molar-refractivity contribution in [2.75, 3.05) is 5.32 Å². The Morgan fingerprint density at radius 2 is 1.96 bits per heavy atom.